The Morgan fingerprint density at radius 2 is 2.33 bits per heavy atom. The lowest BCUT2D eigenvalue weighted by Gasteiger charge is -2.40. The van der Waals surface area contributed by atoms with Crippen molar-refractivity contribution in [3.63, 3.8) is 0 Å². The van der Waals surface area contributed by atoms with Gasteiger partial charge in [-0.3, -0.25) is 9.88 Å². The molecule has 2 rings (SSSR count). The standard InChI is InChI=1S/C13H20N4S/c1-3-10-9-17(8-7-16(10)2)11-5-4-6-15-12(11)13(14)18/h4-6,10H,3,7-9H2,1-2H3,(H2,14,18). The fourth-order valence-corrected chi connectivity index (χ4v) is 2.60. The van der Waals surface area contributed by atoms with E-state index in [0.29, 0.717) is 11.0 Å². The van der Waals surface area contributed by atoms with Crippen molar-refractivity contribution in [2.75, 3.05) is 31.6 Å². The second kappa shape index (κ2) is 5.63. The Balaban J connectivity index is 2.24. The van der Waals surface area contributed by atoms with Gasteiger partial charge >= 0.3 is 0 Å². The average Bonchev–Trinajstić information content (AvgIpc) is 2.39. The number of nitrogens with zero attached hydrogens (tertiary/aromatic N) is 3. The summed E-state index contributed by atoms with van der Waals surface area (Å²) in [5.41, 5.74) is 7.56. The summed E-state index contributed by atoms with van der Waals surface area (Å²) in [6, 6.07) is 4.58. The Morgan fingerprint density at radius 3 is 3.00 bits per heavy atom. The van der Waals surface area contributed by atoms with Crippen LogP contribution in [0.15, 0.2) is 18.3 Å². The van der Waals surface area contributed by atoms with E-state index in [4.69, 9.17) is 18.0 Å². The van der Waals surface area contributed by atoms with Crippen LogP contribution < -0.4 is 10.6 Å². The summed E-state index contributed by atoms with van der Waals surface area (Å²) in [5, 5.41) is 0. The number of piperazine rings is 1. The van der Waals surface area contributed by atoms with Crippen LogP contribution in [0.25, 0.3) is 0 Å². The molecule has 1 aromatic heterocycles. The lowest BCUT2D eigenvalue weighted by atomic mass is 10.1. The number of rotatable bonds is 3. The summed E-state index contributed by atoms with van der Waals surface area (Å²) < 4.78 is 0. The zero-order valence-electron chi connectivity index (χ0n) is 11.0. The number of hydrogen-bond acceptors (Lipinski definition) is 4. The van der Waals surface area contributed by atoms with Crippen LogP contribution in [-0.4, -0.2) is 47.6 Å². The van der Waals surface area contributed by atoms with Gasteiger partial charge in [0, 0.05) is 31.9 Å². The molecule has 0 spiro atoms. The number of anilines is 1. The minimum atomic E-state index is 0.373. The maximum Gasteiger partial charge on any atom is 0.124 e. The third-order valence-corrected chi connectivity index (χ3v) is 3.80. The van der Waals surface area contributed by atoms with Crippen molar-refractivity contribution in [2.45, 2.75) is 19.4 Å². The summed E-state index contributed by atoms with van der Waals surface area (Å²) in [6.07, 6.45) is 2.89. The minimum Gasteiger partial charge on any atom is -0.388 e. The van der Waals surface area contributed by atoms with E-state index in [1.807, 2.05) is 6.07 Å². The molecule has 5 heteroatoms. The number of thiocarbonyl (C=S) groups is 1. The lowest BCUT2D eigenvalue weighted by Crippen LogP contribution is -2.51. The Kier molecular flexibility index (Phi) is 4.14. The third-order valence-electron chi connectivity index (χ3n) is 3.61. The average molecular weight is 264 g/mol. The van der Waals surface area contributed by atoms with Gasteiger partial charge in [-0.1, -0.05) is 19.1 Å². The molecule has 1 atom stereocenters. The molecule has 1 aromatic rings. The normalized spacial score (nSPS) is 21.0. The molecular weight excluding hydrogens is 244 g/mol. The molecule has 0 radical (unpaired) electrons. The largest absolute Gasteiger partial charge is 0.388 e. The maximum atomic E-state index is 5.75. The first kappa shape index (κ1) is 13.2. The van der Waals surface area contributed by atoms with Crippen molar-refractivity contribution >= 4 is 22.9 Å². The summed E-state index contributed by atoms with van der Waals surface area (Å²) in [4.78, 5) is 9.43. The zero-order chi connectivity index (χ0) is 13.1. The van der Waals surface area contributed by atoms with Gasteiger partial charge < -0.3 is 10.6 Å². The SMILES string of the molecule is CCC1CN(c2cccnc2C(N)=S)CCN1C. The number of nitrogens with two attached hydrogens (primary N) is 1. The van der Waals surface area contributed by atoms with Crippen molar-refractivity contribution in [3.05, 3.63) is 24.0 Å². The molecular formula is C13H20N4S. The first-order valence-electron chi connectivity index (χ1n) is 6.33. The summed E-state index contributed by atoms with van der Waals surface area (Å²) in [6.45, 7) is 5.29. The van der Waals surface area contributed by atoms with Crippen LogP contribution in [0.1, 0.15) is 19.0 Å². The van der Waals surface area contributed by atoms with E-state index >= 15 is 0 Å². The molecule has 1 fully saturated rings. The van der Waals surface area contributed by atoms with E-state index in [0.717, 1.165) is 37.4 Å². The molecule has 18 heavy (non-hydrogen) atoms. The van der Waals surface area contributed by atoms with Gasteiger partial charge in [0.15, 0.2) is 0 Å². The smallest absolute Gasteiger partial charge is 0.124 e. The van der Waals surface area contributed by atoms with Crippen LogP contribution >= 0.6 is 12.2 Å². The highest BCUT2D eigenvalue weighted by atomic mass is 32.1. The second-order valence-corrected chi connectivity index (χ2v) is 5.16. The summed E-state index contributed by atoms with van der Waals surface area (Å²) in [5.74, 6) is 0. The van der Waals surface area contributed by atoms with E-state index in [1.165, 1.54) is 0 Å². The molecule has 0 saturated carbocycles. The van der Waals surface area contributed by atoms with Crippen LogP contribution in [0.3, 0.4) is 0 Å². The van der Waals surface area contributed by atoms with Gasteiger partial charge in [-0.2, -0.15) is 0 Å². The monoisotopic (exact) mass is 264 g/mol. The van der Waals surface area contributed by atoms with Gasteiger partial charge in [-0.25, -0.2) is 0 Å². The zero-order valence-corrected chi connectivity index (χ0v) is 11.8. The Bertz CT molecular complexity index is 435. The Hall–Kier alpha value is -1.20. The Morgan fingerprint density at radius 1 is 1.56 bits per heavy atom. The van der Waals surface area contributed by atoms with E-state index in [-0.39, 0.29) is 0 Å². The number of aromatic nitrogens is 1. The van der Waals surface area contributed by atoms with E-state index < -0.39 is 0 Å². The third kappa shape index (κ3) is 2.62. The fraction of sp³-hybridized carbons (Fsp3) is 0.538. The van der Waals surface area contributed by atoms with Crippen LogP contribution in [0.4, 0.5) is 5.69 Å². The second-order valence-electron chi connectivity index (χ2n) is 4.72. The summed E-state index contributed by atoms with van der Waals surface area (Å²) >= 11 is 5.08. The van der Waals surface area contributed by atoms with Gasteiger partial charge in [0.1, 0.15) is 10.7 Å². The number of pyridine rings is 1. The van der Waals surface area contributed by atoms with Crippen molar-refractivity contribution in [2.24, 2.45) is 5.73 Å². The Labute approximate surface area is 114 Å². The highest BCUT2D eigenvalue weighted by Gasteiger charge is 2.24. The molecule has 98 valence electrons. The van der Waals surface area contributed by atoms with Gasteiger partial charge in [-0.15, -0.1) is 0 Å². The van der Waals surface area contributed by atoms with Crippen LogP contribution in [-0.2, 0) is 0 Å². The first-order chi connectivity index (χ1) is 8.63. The molecule has 1 aliphatic rings. The highest BCUT2D eigenvalue weighted by Crippen LogP contribution is 2.22. The molecule has 0 aliphatic carbocycles. The van der Waals surface area contributed by atoms with Crippen LogP contribution in [0.5, 0.6) is 0 Å². The topological polar surface area (TPSA) is 45.4 Å². The molecule has 0 aromatic carbocycles. The molecule has 0 bridgehead atoms. The van der Waals surface area contributed by atoms with Crippen molar-refractivity contribution in [1.82, 2.24) is 9.88 Å². The number of likely N-dealkylation sites (N-methyl/N-ethyl adjacent to an activating group) is 1. The fourth-order valence-electron chi connectivity index (χ4n) is 2.45. The van der Waals surface area contributed by atoms with Gasteiger partial charge in [0.25, 0.3) is 0 Å². The minimum absolute atomic E-state index is 0.373. The van der Waals surface area contributed by atoms with Crippen molar-refractivity contribution < 1.29 is 0 Å². The lowest BCUT2D eigenvalue weighted by molar-refractivity contribution is 0.213. The quantitative estimate of drug-likeness (QED) is 0.832. The van der Waals surface area contributed by atoms with E-state index in [1.54, 1.807) is 6.20 Å². The van der Waals surface area contributed by atoms with Gasteiger partial charge in [-0.05, 0) is 25.6 Å². The van der Waals surface area contributed by atoms with E-state index in [2.05, 4.69) is 34.8 Å². The molecule has 4 nitrogen and oxygen atoms in total. The first-order valence-corrected chi connectivity index (χ1v) is 6.74. The molecule has 1 unspecified atom stereocenters. The molecule has 0 amide bonds. The molecule has 2 N–H and O–H groups in total. The molecule has 1 saturated heterocycles. The van der Waals surface area contributed by atoms with Crippen molar-refractivity contribution in [3.8, 4) is 0 Å². The van der Waals surface area contributed by atoms with Crippen LogP contribution in [0.2, 0.25) is 0 Å². The molecule has 1 aliphatic heterocycles. The van der Waals surface area contributed by atoms with E-state index in [9.17, 15) is 0 Å². The molecule has 2 heterocycles. The van der Waals surface area contributed by atoms with Crippen molar-refractivity contribution in [1.29, 1.82) is 0 Å². The summed E-state index contributed by atoms with van der Waals surface area (Å²) in [7, 11) is 2.18. The van der Waals surface area contributed by atoms with Crippen LogP contribution in [0, 0.1) is 0 Å². The number of hydrogen-bond donors (Lipinski definition) is 1. The van der Waals surface area contributed by atoms with Gasteiger partial charge in [0.2, 0.25) is 0 Å². The predicted molar refractivity (Wildman–Crippen MR) is 79.0 cm³/mol. The highest BCUT2D eigenvalue weighted by molar-refractivity contribution is 7.80. The van der Waals surface area contributed by atoms with Gasteiger partial charge in [0.05, 0.1) is 5.69 Å². The maximum absolute atomic E-state index is 5.75. The predicted octanol–water partition coefficient (Wildman–Crippen LogP) is 1.25.